The third kappa shape index (κ3) is 3.41. The summed E-state index contributed by atoms with van der Waals surface area (Å²) in [6, 6.07) is 0. The van der Waals surface area contributed by atoms with Crippen LogP contribution in [0, 0.1) is 0 Å². The summed E-state index contributed by atoms with van der Waals surface area (Å²) in [6.45, 7) is 10.3. The smallest absolute Gasteiger partial charge is 0.0824 e. The molecule has 0 aromatic heterocycles. The normalized spacial score (nSPS) is 34.0. The topological polar surface area (TPSA) is 33.7 Å². The van der Waals surface area contributed by atoms with E-state index in [0.29, 0.717) is 18.3 Å². The van der Waals surface area contributed by atoms with Crippen LogP contribution in [0.15, 0.2) is 0 Å². The van der Waals surface area contributed by atoms with Gasteiger partial charge in [0, 0.05) is 32.7 Å². The fourth-order valence-electron chi connectivity index (χ4n) is 2.20. The highest BCUT2D eigenvalue weighted by atomic mass is 16.5. The fraction of sp³-hybridized carbons (Fsp3) is 1.00. The summed E-state index contributed by atoms with van der Waals surface area (Å²) in [5, 5.41) is 3.21. The van der Waals surface area contributed by atoms with Crippen LogP contribution >= 0.6 is 0 Å². The van der Waals surface area contributed by atoms with Gasteiger partial charge in [-0.3, -0.25) is 4.90 Å². The Morgan fingerprint density at radius 3 is 2.47 bits per heavy atom. The lowest BCUT2D eigenvalue weighted by Gasteiger charge is -2.36. The molecule has 0 bridgehead atoms. The Hall–Kier alpha value is -0.160. The number of rotatable bonds is 4. The molecule has 1 N–H and O–H groups in total. The van der Waals surface area contributed by atoms with E-state index in [1.165, 1.54) is 0 Å². The van der Waals surface area contributed by atoms with Crippen LogP contribution in [0.25, 0.3) is 0 Å². The maximum atomic E-state index is 5.71. The van der Waals surface area contributed by atoms with E-state index in [4.69, 9.17) is 9.47 Å². The van der Waals surface area contributed by atoms with Crippen LogP contribution in [0.5, 0.6) is 0 Å². The molecule has 15 heavy (non-hydrogen) atoms. The standard InChI is InChI=1S/C11H22N2O2/c1-9-7-13(8-10(2)15-9)3-4-14-11-5-12-6-11/h9-12H,3-8H2,1-2H3. The molecule has 2 heterocycles. The third-order valence-corrected chi connectivity index (χ3v) is 3.00. The van der Waals surface area contributed by atoms with Crippen molar-refractivity contribution in [1.82, 2.24) is 10.2 Å². The molecule has 2 aliphatic heterocycles. The number of morpholine rings is 1. The van der Waals surface area contributed by atoms with Gasteiger partial charge in [-0.05, 0) is 13.8 Å². The van der Waals surface area contributed by atoms with Crippen molar-refractivity contribution < 1.29 is 9.47 Å². The van der Waals surface area contributed by atoms with E-state index in [2.05, 4.69) is 24.1 Å². The number of nitrogens with zero attached hydrogens (tertiary/aromatic N) is 1. The molecule has 2 unspecified atom stereocenters. The fourth-order valence-corrected chi connectivity index (χ4v) is 2.20. The van der Waals surface area contributed by atoms with E-state index in [9.17, 15) is 0 Å². The van der Waals surface area contributed by atoms with Crippen molar-refractivity contribution in [3.63, 3.8) is 0 Å². The maximum absolute atomic E-state index is 5.71. The molecule has 4 heteroatoms. The van der Waals surface area contributed by atoms with E-state index < -0.39 is 0 Å². The van der Waals surface area contributed by atoms with Crippen LogP contribution in [0.3, 0.4) is 0 Å². The first kappa shape index (κ1) is 11.3. The molecule has 0 radical (unpaired) electrons. The van der Waals surface area contributed by atoms with E-state index in [0.717, 1.165) is 39.3 Å². The number of nitrogens with one attached hydrogen (secondary N) is 1. The molecule has 4 nitrogen and oxygen atoms in total. The van der Waals surface area contributed by atoms with Crippen molar-refractivity contribution in [3.8, 4) is 0 Å². The Morgan fingerprint density at radius 1 is 1.27 bits per heavy atom. The highest BCUT2D eigenvalue weighted by Gasteiger charge is 2.22. The average Bonchev–Trinajstić information content (AvgIpc) is 2.07. The summed E-state index contributed by atoms with van der Waals surface area (Å²) in [6.07, 6.45) is 1.18. The lowest BCUT2D eigenvalue weighted by Crippen LogP contribution is -2.50. The second-order valence-corrected chi connectivity index (χ2v) is 4.67. The van der Waals surface area contributed by atoms with Crippen LogP contribution in [0.2, 0.25) is 0 Å². The summed E-state index contributed by atoms with van der Waals surface area (Å²) in [5.41, 5.74) is 0. The second kappa shape index (κ2) is 5.25. The van der Waals surface area contributed by atoms with Gasteiger partial charge in [-0.2, -0.15) is 0 Å². The first-order chi connectivity index (χ1) is 7.24. The number of ether oxygens (including phenoxy) is 2. The van der Waals surface area contributed by atoms with Crippen LogP contribution in [-0.2, 0) is 9.47 Å². The Labute approximate surface area is 91.9 Å². The van der Waals surface area contributed by atoms with Crippen molar-refractivity contribution in [2.24, 2.45) is 0 Å². The van der Waals surface area contributed by atoms with Crippen molar-refractivity contribution >= 4 is 0 Å². The SMILES string of the molecule is CC1CN(CCOC2CNC2)CC(C)O1. The summed E-state index contributed by atoms with van der Waals surface area (Å²) >= 11 is 0. The van der Waals surface area contributed by atoms with Gasteiger partial charge < -0.3 is 14.8 Å². The second-order valence-electron chi connectivity index (χ2n) is 4.67. The maximum Gasteiger partial charge on any atom is 0.0824 e. The van der Waals surface area contributed by atoms with Gasteiger partial charge in [0.05, 0.1) is 24.9 Å². The molecule has 2 fully saturated rings. The first-order valence-electron chi connectivity index (χ1n) is 5.94. The summed E-state index contributed by atoms with van der Waals surface area (Å²) in [5.74, 6) is 0. The highest BCUT2D eigenvalue weighted by Crippen LogP contribution is 2.10. The van der Waals surface area contributed by atoms with Gasteiger partial charge in [0.1, 0.15) is 0 Å². The van der Waals surface area contributed by atoms with E-state index in [1.807, 2.05) is 0 Å². The Balaban J connectivity index is 1.60. The molecule has 0 aromatic carbocycles. The van der Waals surface area contributed by atoms with Crippen molar-refractivity contribution in [2.75, 3.05) is 39.3 Å². The molecule has 2 aliphatic rings. The summed E-state index contributed by atoms with van der Waals surface area (Å²) < 4.78 is 11.4. The van der Waals surface area contributed by atoms with Crippen molar-refractivity contribution in [3.05, 3.63) is 0 Å². The minimum Gasteiger partial charge on any atom is -0.374 e. The van der Waals surface area contributed by atoms with Gasteiger partial charge in [0.25, 0.3) is 0 Å². The molecule has 0 spiro atoms. The molecular formula is C11H22N2O2. The highest BCUT2D eigenvalue weighted by molar-refractivity contribution is 4.76. The lowest BCUT2D eigenvalue weighted by atomic mass is 10.2. The number of hydrogen-bond donors (Lipinski definition) is 1. The molecule has 0 amide bonds. The van der Waals surface area contributed by atoms with Crippen molar-refractivity contribution in [2.45, 2.75) is 32.2 Å². The molecule has 2 atom stereocenters. The first-order valence-corrected chi connectivity index (χ1v) is 5.94. The summed E-state index contributed by atoms with van der Waals surface area (Å²) in [7, 11) is 0. The van der Waals surface area contributed by atoms with Crippen LogP contribution in [-0.4, -0.2) is 62.5 Å². The van der Waals surface area contributed by atoms with E-state index in [-0.39, 0.29) is 0 Å². The molecule has 2 saturated heterocycles. The predicted octanol–water partition coefficient (Wildman–Crippen LogP) is 0.0840. The molecule has 88 valence electrons. The van der Waals surface area contributed by atoms with Gasteiger partial charge in [-0.25, -0.2) is 0 Å². The molecule has 2 rings (SSSR count). The monoisotopic (exact) mass is 214 g/mol. The summed E-state index contributed by atoms with van der Waals surface area (Å²) in [4.78, 5) is 2.44. The third-order valence-electron chi connectivity index (χ3n) is 3.00. The molecule has 0 aliphatic carbocycles. The van der Waals surface area contributed by atoms with E-state index >= 15 is 0 Å². The molecular weight excluding hydrogens is 192 g/mol. The molecule has 0 aromatic rings. The zero-order chi connectivity index (χ0) is 10.7. The van der Waals surface area contributed by atoms with Crippen LogP contribution in [0.1, 0.15) is 13.8 Å². The zero-order valence-corrected chi connectivity index (χ0v) is 9.74. The minimum absolute atomic E-state index is 0.360. The minimum atomic E-state index is 0.360. The molecule has 0 saturated carbocycles. The lowest BCUT2D eigenvalue weighted by molar-refractivity contribution is -0.0781. The average molecular weight is 214 g/mol. The van der Waals surface area contributed by atoms with Crippen LogP contribution < -0.4 is 5.32 Å². The number of hydrogen-bond acceptors (Lipinski definition) is 4. The Kier molecular flexibility index (Phi) is 3.97. The van der Waals surface area contributed by atoms with Gasteiger partial charge in [0.2, 0.25) is 0 Å². The Morgan fingerprint density at radius 2 is 1.93 bits per heavy atom. The van der Waals surface area contributed by atoms with E-state index in [1.54, 1.807) is 0 Å². The predicted molar refractivity (Wildman–Crippen MR) is 59.1 cm³/mol. The van der Waals surface area contributed by atoms with Gasteiger partial charge >= 0.3 is 0 Å². The van der Waals surface area contributed by atoms with Crippen LogP contribution in [0.4, 0.5) is 0 Å². The quantitative estimate of drug-likeness (QED) is 0.719. The Bertz CT molecular complexity index is 187. The van der Waals surface area contributed by atoms with Gasteiger partial charge in [0.15, 0.2) is 0 Å². The van der Waals surface area contributed by atoms with Gasteiger partial charge in [-0.1, -0.05) is 0 Å². The van der Waals surface area contributed by atoms with Gasteiger partial charge in [-0.15, -0.1) is 0 Å². The zero-order valence-electron chi connectivity index (χ0n) is 9.74. The largest absolute Gasteiger partial charge is 0.374 e. The van der Waals surface area contributed by atoms with Crippen molar-refractivity contribution in [1.29, 1.82) is 0 Å².